The number of likely N-dealkylation sites (N-methyl/N-ethyl adjacent to an activating group) is 1. The molecule has 1 heterocycles. The Hall–Kier alpha value is -2.44. The van der Waals surface area contributed by atoms with Crippen molar-refractivity contribution in [1.29, 1.82) is 0 Å². The summed E-state index contributed by atoms with van der Waals surface area (Å²) in [4.78, 5) is 13.2. The van der Waals surface area contributed by atoms with E-state index in [1.807, 2.05) is 44.2 Å². The van der Waals surface area contributed by atoms with Gasteiger partial charge in [0.1, 0.15) is 11.3 Å². The topological polar surface area (TPSA) is 59.2 Å². The van der Waals surface area contributed by atoms with Crippen molar-refractivity contribution in [1.82, 2.24) is 14.5 Å². The highest BCUT2D eigenvalue weighted by atomic mass is 19.1. The Bertz CT molecular complexity index is 947. The Morgan fingerprint density at radius 2 is 1.77 bits per heavy atom. The lowest BCUT2D eigenvalue weighted by molar-refractivity contribution is 0.130. The summed E-state index contributed by atoms with van der Waals surface area (Å²) in [6, 6.07) is 13.1. The van der Waals surface area contributed by atoms with E-state index in [-0.39, 0.29) is 23.8 Å². The van der Waals surface area contributed by atoms with Gasteiger partial charge in [-0.15, -0.1) is 0 Å². The van der Waals surface area contributed by atoms with Crippen LogP contribution in [0.2, 0.25) is 0 Å². The molecule has 0 unspecified atom stereocenters. The van der Waals surface area contributed by atoms with Crippen molar-refractivity contribution in [2.75, 3.05) is 13.6 Å². The van der Waals surface area contributed by atoms with Crippen LogP contribution in [0.1, 0.15) is 31.5 Å². The summed E-state index contributed by atoms with van der Waals surface area (Å²) in [7, 11) is 1.73. The molecule has 1 aromatic heterocycles. The van der Waals surface area contributed by atoms with Crippen LogP contribution in [0, 0.1) is 5.82 Å². The highest BCUT2D eigenvalue weighted by molar-refractivity contribution is 5.77. The quantitative estimate of drug-likeness (QED) is 0.713. The Labute approximate surface area is 151 Å². The molecule has 0 amide bonds. The van der Waals surface area contributed by atoms with Crippen molar-refractivity contribution < 1.29 is 9.50 Å². The second-order valence-corrected chi connectivity index (χ2v) is 6.70. The fraction of sp³-hybridized carbons (Fsp3) is 0.350. The summed E-state index contributed by atoms with van der Waals surface area (Å²) in [6.45, 7) is 4.05. The van der Waals surface area contributed by atoms with Crippen LogP contribution < -0.4 is 11.0 Å². The third kappa shape index (κ3) is 3.06. The Balaban J connectivity index is 2.36. The number of aliphatic hydroxyl groups is 1. The summed E-state index contributed by atoms with van der Waals surface area (Å²) in [5, 5.41) is 13.7. The van der Waals surface area contributed by atoms with Crippen molar-refractivity contribution in [2.24, 2.45) is 0 Å². The van der Waals surface area contributed by atoms with Gasteiger partial charge < -0.3 is 10.4 Å². The summed E-state index contributed by atoms with van der Waals surface area (Å²) >= 11 is 0. The average Bonchev–Trinajstić information content (AvgIpc) is 2.90. The monoisotopic (exact) mass is 357 g/mol. The predicted molar refractivity (Wildman–Crippen MR) is 101 cm³/mol. The van der Waals surface area contributed by atoms with Gasteiger partial charge in [-0.2, -0.15) is 0 Å². The van der Waals surface area contributed by atoms with Crippen LogP contribution in [0.15, 0.2) is 53.3 Å². The fourth-order valence-electron chi connectivity index (χ4n) is 3.52. The zero-order valence-electron chi connectivity index (χ0n) is 15.2. The van der Waals surface area contributed by atoms with Gasteiger partial charge in [-0.3, -0.25) is 9.13 Å². The molecule has 26 heavy (non-hydrogen) atoms. The van der Waals surface area contributed by atoms with Gasteiger partial charge in [0.2, 0.25) is 0 Å². The van der Waals surface area contributed by atoms with Crippen molar-refractivity contribution >= 4 is 11.0 Å². The first-order chi connectivity index (χ1) is 12.5. The molecule has 0 saturated heterocycles. The lowest BCUT2D eigenvalue weighted by Crippen LogP contribution is -2.39. The lowest BCUT2D eigenvalue weighted by atomic mass is 10.0. The summed E-state index contributed by atoms with van der Waals surface area (Å²) in [5.41, 5.74) is 1.17. The van der Waals surface area contributed by atoms with Crippen molar-refractivity contribution in [3.8, 4) is 0 Å². The smallest absolute Gasteiger partial charge is 0.330 e. The van der Waals surface area contributed by atoms with E-state index in [2.05, 4.69) is 5.32 Å². The summed E-state index contributed by atoms with van der Waals surface area (Å²) in [5.74, 6) is -0.475. The first-order valence-corrected chi connectivity index (χ1v) is 8.76. The van der Waals surface area contributed by atoms with Crippen molar-refractivity contribution in [2.45, 2.75) is 32.0 Å². The minimum absolute atomic E-state index is 0.133. The maximum absolute atomic E-state index is 14.8. The van der Waals surface area contributed by atoms with E-state index in [1.54, 1.807) is 23.7 Å². The van der Waals surface area contributed by atoms with Crippen molar-refractivity contribution in [3.05, 3.63) is 70.4 Å². The normalized spacial score (nSPS) is 14.1. The highest BCUT2D eigenvalue weighted by Crippen LogP contribution is 2.28. The molecule has 6 heteroatoms. The molecular formula is C20H24FN3O2. The van der Waals surface area contributed by atoms with Crippen LogP contribution in [-0.4, -0.2) is 33.9 Å². The third-order valence-electron chi connectivity index (χ3n) is 4.59. The van der Waals surface area contributed by atoms with Gasteiger partial charge in [0.25, 0.3) is 0 Å². The van der Waals surface area contributed by atoms with Gasteiger partial charge in [0, 0.05) is 12.6 Å². The number of nitrogens with zero attached hydrogens (tertiary/aromatic N) is 2. The number of benzene rings is 2. The number of hydrogen-bond donors (Lipinski definition) is 2. The van der Waals surface area contributed by atoms with Gasteiger partial charge in [-0.05, 0) is 38.6 Å². The van der Waals surface area contributed by atoms with E-state index < -0.39 is 18.0 Å². The average molecular weight is 357 g/mol. The maximum atomic E-state index is 14.8. The van der Waals surface area contributed by atoms with E-state index in [1.165, 1.54) is 10.6 Å². The number of hydrogen-bond acceptors (Lipinski definition) is 3. The van der Waals surface area contributed by atoms with Gasteiger partial charge >= 0.3 is 5.69 Å². The molecule has 2 atom stereocenters. The predicted octanol–water partition coefficient (Wildman–Crippen LogP) is 2.69. The van der Waals surface area contributed by atoms with Crippen LogP contribution in [-0.2, 0) is 0 Å². The van der Waals surface area contributed by atoms with Gasteiger partial charge in [0.05, 0.1) is 17.7 Å². The van der Waals surface area contributed by atoms with Gasteiger partial charge in [-0.25, -0.2) is 9.18 Å². The minimum Gasteiger partial charge on any atom is -0.389 e. The van der Waals surface area contributed by atoms with E-state index in [9.17, 15) is 14.3 Å². The molecule has 0 aliphatic rings. The number of aromatic nitrogens is 2. The molecule has 2 aromatic carbocycles. The van der Waals surface area contributed by atoms with E-state index in [0.29, 0.717) is 5.52 Å². The van der Waals surface area contributed by atoms with Gasteiger partial charge in [0.15, 0.2) is 0 Å². The molecule has 3 aromatic rings. The number of halogens is 1. The number of aliphatic hydroxyl groups excluding tert-OH is 1. The maximum Gasteiger partial charge on any atom is 0.330 e. The molecule has 0 saturated carbocycles. The highest BCUT2D eigenvalue weighted by Gasteiger charge is 2.29. The zero-order valence-corrected chi connectivity index (χ0v) is 15.2. The third-order valence-corrected chi connectivity index (χ3v) is 4.59. The number of rotatable bonds is 6. The molecule has 0 aliphatic carbocycles. The molecule has 3 rings (SSSR count). The second-order valence-electron chi connectivity index (χ2n) is 6.70. The number of para-hydroxylation sites is 1. The molecule has 0 aliphatic heterocycles. The van der Waals surface area contributed by atoms with Crippen LogP contribution in [0.5, 0.6) is 0 Å². The zero-order chi connectivity index (χ0) is 18.8. The Morgan fingerprint density at radius 1 is 1.08 bits per heavy atom. The SMILES string of the molecule is CNC[C@H](O)[C@H](c1ccccc1)n1c(=O)n(C(C)C)c2cccc(F)c21. The largest absolute Gasteiger partial charge is 0.389 e. The number of fused-ring (bicyclic) bond motifs is 1. The Morgan fingerprint density at radius 3 is 2.38 bits per heavy atom. The first-order valence-electron chi connectivity index (χ1n) is 8.76. The molecular weight excluding hydrogens is 333 g/mol. The molecule has 138 valence electrons. The molecule has 5 nitrogen and oxygen atoms in total. The van der Waals surface area contributed by atoms with E-state index in [0.717, 1.165) is 5.56 Å². The fourth-order valence-corrected chi connectivity index (χ4v) is 3.52. The van der Waals surface area contributed by atoms with Crippen LogP contribution in [0.3, 0.4) is 0 Å². The first kappa shape index (κ1) is 18.4. The lowest BCUT2D eigenvalue weighted by Gasteiger charge is -2.25. The Kier molecular flexibility index (Phi) is 5.25. The molecule has 2 N–H and O–H groups in total. The molecule has 0 bridgehead atoms. The van der Waals surface area contributed by atoms with Crippen LogP contribution in [0.4, 0.5) is 4.39 Å². The van der Waals surface area contributed by atoms with Crippen LogP contribution >= 0.6 is 0 Å². The number of imidazole rings is 1. The number of nitrogens with one attached hydrogen (secondary N) is 1. The molecule has 0 fully saturated rings. The summed E-state index contributed by atoms with van der Waals surface area (Å²) in [6.07, 6.45) is -0.897. The standard InChI is InChI=1S/C20H24FN3O2/c1-13(2)23-16-11-7-10-15(21)19(16)24(20(23)26)18(17(25)12-22-3)14-8-5-4-6-9-14/h4-11,13,17-18,22,25H,12H2,1-3H3/t17-,18-/m0/s1. The second kappa shape index (κ2) is 7.43. The minimum atomic E-state index is -0.897. The van der Waals surface area contributed by atoms with E-state index in [4.69, 9.17) is 0 Å². The van der Waals surface area contributed by atoms with Crippen LogP contribution in [0.25, 0.3) is 11.0 Å². The molecule has 0 radical (unpaired) electrons. The van der Waals surface area contributed by atoms with Crippen molar-refractivity contribution in [3.63, 3.8) is 0 Å². The van der Waals surface area contributed by atoms with E-state index >= 15 is 0 Å². The van der Waals surface area contributed by atoms with Gasteiger partial charge in [-0.1, -0.05) is 36.4 Å². The molecule has 0 spiro atoms. The summed E-state index contributed by atoms with van der Waals surface area (Å²) < 4.78 is 17.7.